The summed E-state index contributed by atoms with van der Waals surface area (Å²) >= 11 is 0. The number of hydrogen-bond acceptors (Lipinski definition) is 6. The SMILES string of the molecule is COc1ccc(NS(=O)(=O)c2ccc(NC(=O)COc3ccccc3OC)cc2)cc1. The molecule has 8 nitrogen and oxygen atoms in total. The Labute approximate surface area is 180 Å². The van der Waals surface area contributed by atoms with Gasteiger partial charge in [-0.15, -0.1) is 0 Å². The molecule has 9 heteroatoms. The second-order valence-corrected chi connectivity index (χ2v) is 8.03. The quantitative estimate of drug-likeness (QED) is 0.526. The number of amides is 1. The zero-order valence-corrected chi connectivity index (χ0v) is 17.8. The molecule has 0 spiro atoms. The lowest BCUT2D eigenvalue weighted by molar-refractivity contribution is -0.118. The van der Waals surface area contributed by atoms with E-state index in [2.05, 4.69) is 10.0 Å². The van der Waals surface area contributed by atoms with E-state index in [0.717, 1.165) is 0 Å². The highest BCUT2D eigenvalue weighted by Gasteiger charge is 2.15. The summed E-state index contributed by atoms with van der Waals surface area (Å²) in [5.74, 6) is 1.20. The van der Waals surface area contributed by atoms with Gasteiger partial charge in [0.05, 0.1) is 19.1 Å². The van der Waals surface area contributed by atoms with Crippen LogP contribution in [-0.2, 0) is 14.8 Å². The molecule has 0 unspecified atom stereocenters. The van der Waals surface area contributed by atoms with E-state index in [9.17, 15) is 13.2 Å². The zero-order valence-electron chi connectivity index (χ0n) is 17.0. The lowest BCUT2D eigenvalue weighted by atomic mass is 10.3. The van der Waals surface area contributed by atoms with Gasteiger partial charge in [-0.05, 0) is 60.7 Å². The summed E-state index contributed by atoms with van der Waals surface area (Å²) in [5, 5.41) is 2.66. The van der Waals surface area contributed by atoms with Crippen LogP contribution in [0.5, 0.6) is 17.2 Å². The van der Waals surface area contributed by atoms with E-state index in [0.29, 0.717) is 28.6 Å². The number of rotatable bonds is 9. The van der Waals surface area contributed by atoms with Gasteiger partial charge in [0.1, 0.15) is 5.75 Å². The Bertz CT molecular complexity index is 1130. The molecule has 1 amide bonds. The molecule has 0 heterocycles. The number of nitrogens with one attached hydrogen (secondary N) is 2. The van der Waals surface area contributed by atoms with Crippen molar-refractivity contribution in [1.29, 1.82) is 0 Å². The van der Waals surface area contributed by atoms with Crippen LogP contribution in [0.4, 0.5) is 11.4 Å². The average Bonchev–Trinajstić information content (AvgIpc) is 2.78. The molecule has 0 saturated heterocycles. The maximum absolute atomic E-state index is 12.5. The molecule has 0 aliphatic carbocycles. The van der Waals surface area contributed by atoms with Crippen molar-refractivity contribution in [1.82, 2.24) is 0 Å². The first kappa shape index (κ1) is 22.0. The first-order chi connectivity index (χ1) is 14.9. The molecule has 3 aromatic carbocycles. The third kappa shape index (κ3) is 5.89. The van der Waals surface area contributed by atoms with Crippen molar-refractivity contribution in [2.45, 2.75) is 4.90 Å². The van der Waals surface area contributed by atoms with Gasteiger partial charge in [0.2, 0.25) is 0 Å². The Kier molecular flexibility index (Phi) is 6.99. The molecular formula is C22H22N2O6S. The van der Waals surface area contributed by atoms with Crippen LogP contribution in [0.2, 0.25) is 0 Å². The van der Waals surface area contributed by atoms with E-state index in [1.54, 1.807) is 48.5 Å². The summed E-state index contributed by atoms with van der Waals surface area (Å²) in [7, 11) is -0.727. The molecular weight excluding hydrogens is 420 g/mol. The van der Waals surface area contributed by atoms with Crippen LogP contribution in [0.1, 0.15) is 0 Å². The van der Waals surface area contributed by atoms with Crippen molar-refractivity contribution >= 4 is 27.3 Å². The monoisotopic (exact) mass is 442 g/mol. The van der Waals surface area contributed by atoms with Crippen LogP contribution in [0.3, 0.4) is 0 Å². The van der Waals surface area contributed by atoms with E-state index >= 15 is 0 Å². The Morgan fingerprint density at radius 3 is 2.03 bits per heavy atom. The van der Waals surface area contributed by atoms with Crippen LogP contribution in [0.25, 0.3) is 0 Å². The van der Waals surface area contributed by atoms with Gasteiger partial charge in [-0.2, -0.15) is 0 Å². The second-order valence-electron chi connectivity index (χ2n) is 6.35. The second kappa shape index (κ2) is 9.86. The number of anilines is 2. The van der Waals surface area contributed by atoms with E-state index < -0.39 is 15.9 Å². The van der Waals surface area contributed by atoms with E-state index in [1.165, 1.54) is 38.5 Å². The minimum absolute atomic E-state index is 0.0617. The fourth-order valence-electron chi connectivity index (χ4n) is 2.67. The number of methoxy groups -OCH3 is 2. The molecule has 3 aromatic rings. The van der Waals surface area contributed by atoms with Crippen molar-refractivity contribution in [2.75, 3.05) is 30.9 Å². The third-order valence-corrected chi connectivity index (χ3v) is 5.62. The topological polar surface area (TPSA) is 103 Å². The molecule has 162 valence electrons. The van der Waals surface area contributed by atoms with Crippen molar-refractivity contribution in [2.24, 2.45) is 0 Å². The minimum atomic E-state index is -3.77. The predicted octanol–water partition coefficient (Wildman–Crippen LogP) is 3.52. The summed E-state index contributed by atoms with van der Waals surface area (Å²) in [5.41, 5.74) is 0.851. The maximum atomic E-state index is 12.5. The largest absolute Gasteiger partial charge is 0.497 e. The van der Waals surface area contributed by atoms with Gasteiger partial charge in [0.25, 0.3) is 15.9 Å². The molecule has 0 aliphatic rings. The predicted molar refractivity (Wildman–Crippen MR) is 117 cm³/mol. The first-order valence-corrected chi connectivity index (χ1v) is 10.7. The first-order valence-electron chi connectivity index (χ1n) is 9.24. The van der Waals surface area contributed by atoms with Gasteiger partial charge in [-0.1, -0.05) is 12.1 Å². The molecule has 0 fully saturated rings. The molecule has 2 N–H and O–H groups in total. The van der Waals surface area contributed by atoms with Gasteiger partial charge in [0.15, 0.2) is 18.1 Å². The minimum Gasteiger partial charge on any atom is -0.497 e. The zero-order chi connectivity index (χ0) is 22.3. The standard InChI is InChI=1S/C22H22N2O6S/c1-28-18-11-7-17(8-12-18)24-31(26,27)19-13-9-16(10-14-19)23-22(25)15-30-21-6-4-3-5-20(21)29-2/h3-14,24H,15H2,1-2H3,(H,23,25). The third-order valence-electron chi connectivity index (χ3n) is 4.22. The lowest BCUT2D eigenvalue weighted by Gasteiger charge is -2.11. The number of ether oxygens (including phenoxy) is 3. The maximum Gasteiger partial charge on any atom is 0.262 e. The molecule has 0 atom stereocenters. The molecule has 3 rings (SSSR count). The van der Waals surface area contributed by atoms with Gasteiger partial charge in [-0.25, -0.2) is 8.42 Å². The van der Waals surface area contributed by atoms with Gasteiger partial charge in [0, 0.05) is 11.4 Å². The number of carbonyl (C=O) groups excluding carboxylic acids is 1. The van der Waals surface area contributed by atoms with Gasteiger partial charge >= 0.3 is 0 Å². The average molecular weight is 442 g/mol. The van der Waals surface area contributed by atoms with E-state index in [4.69, 9.17) is 14.2 Å². The summed E-state index contributed by atoms with van der Waals surface area (Å²) in [6.07, 6.45) is 0. The fourth-order valence-corrected chi connectivity index (χ4v) is 3.73. The fraction of sp³-hybridized carbons (Fsp3) is 0.136. The molecule has 0 aromatic heterocycles. The summed E-state index contributed by atoms with van der Waals surface area (Å²) in [4.78, 5) is 12.2. The van der Waals surface area contributed by atoms with Crippen molar-refractivity contribution in [3.05, 3.63) is 72.8 Å². The van der Waals surface area contributed by atoms with E-state index in [1.807, 2.05) is 0 Å². The number of carbonyl (C=O) groups is 1. The number of benzene rings is 3. The van der Waals surface area contributed by atoms with Crippen molar-refractivity contribution < 1.29 is 27.4 Å². The smallest absolute Gasteiger partial charge is 0.262 e. The van der Waals surface area contributed by atoms with Crippen LogP contribution in [0, 0.1) is 0 Å². The van der Waals surface area contributed by atoms with E-state index in [-0.39, 0.29) is 11.5 Å². The van der Waals surface area contributed by atoms with Crippen LogP contribution in [-0.4, -0.2) is 35.2 Å². The normalized spacial score (nSPS) is 10.8. The molecule has 0 saturated carbocycles. The highest BCUT2D eigenvalue weighted by molar-refractivity contribution is 7.92. The lowest BCUT2D eigenvalue weighted by Crippen LogP contribution is -2.20. The van der Waals surface area contributed by atoms with Crippen LogP contribution < -0.4 is 24.2 Å². The Morgan fingerprint density at radius 2 is 1.42 bits per heavy atom. The Morgan fingerprint density at radius 1 is 0.806 bits per heavy atom. The van der Waals surface area contributed by atoms with Crippen LogP contribution >= 0.6 is 0 Å². The number of para-hydroxylation sites is 2. The molecule has 0 bridgehead atoms. The molecule has 31 heavy (non-hydrogen) atoms. The number of sulfonamides is 1. The molecule has 0 aliphatic heterocycles. The summed E-state index contributed by atoms with van der Waals surface area (Å²) < 4.78 is 43.3. The van der Waals surface area contributed by atoms with Gasteiger partial charge < -0.3 is 19.5 Å². The van der Waals surface area contributed by atoms with Crippen LogP contribution in [0.15, 0.2) is 77.7 Å². The Hall–Kier alpha value is -3.72. The summed E-state index contributed by atoms with van der Waals surface area (Å²) in [6.45, 7) is -0.223. The number of hydrogen-bond donors (Lipinski definition) is 2. The highest BCUT2D eigenvalue weighted by Crippen LogP contribution is 2.25. The van der Waals surface area contributed by atoms with Crippen molar-refractivity contribution in [3.63, 3.8) is 0 Å². The highest BCUT2D eigenvalue weighted by atomic mass is 32.2. The Balaban J connectivity index is 1.59. The summed E-state index contributed by atoms with van der Waals surface area (Å²) in [6, 6.07) is 19.3. The van der Waals surface area contributed by atoms with Gasteiger partial charge in [-0.3, -0.25) is 9.52 Å². The van der Waals surface area contributed by atoms with Crippen molar-refractivity contribution in [3.8, 4) is 17.2 Å². The molecule has 0 radical (unpaired) electrons.